The summed E-state index contributed by atoms with van der Waals surface area (Å²) in [5.41, 5.74) is 0. The first-order chi connectivity index (χ1) is 13.8. The molecule has 0 spiro atoms. The van der Waals surface area contributed by atoms with Gasteiger partial charge in [-0.2, -0.15) is 0 Å². The van der Waals surface area contributed by atoms with Crippen molar-refractivity contribution in [3.05, 3.63) is 0 Å². The normalized spacial score (nSPS) is 31.9. The first-order valence-electron chi connectivity index (χ1n) is 12.3. The summed E-state index contributed by atoms with van der Waals surface area (Å²) in [5, 5.41) is 0. The quantitative estimate of drug-likeness (QED) is 0.344. The standard InChI is InChI=1S/C24H46O2S2/c25-23-15-9-5-3-7-12-19-27(21-13-10-17-23)28-20-11-6-2-1-4-8-16-24(26)18-14-22-28/h27-28H,1-22H2. The van der Waals surface area contributed by atoms with Crippen LogP contribution in [-0.4, -0.2) is 34.6 Å². The predicted molar refractivity (Wildman–Crippen MR) is 131 cm³/mol. The number of thiol groups is 2. The maximum absolute atomic E-state index is 12.2. The minimum atomic E-state index is 0.135. The van der Waals surface area contributed by atoms with E-state index in [1.54, 1.807) is 0 Å². The van der Waals surface area contributed by atoms with Gasteiger partial charge in [0.05, 0.1) is 0 Å². The lowest BCUT2D eigenvalue weighted by atomic mass is 10.1. The second kappa shape index (κ2) is 15.8. The van der Waals surface area contributed by atoms with Gasteiger partial charge < -0.3 is 0 Å². The van der Waals surface area contributed by atoms with Gasteiger partial charge in [0.15, 0.2) is 0 Å². The van der Waals surface area contributed by atoms with E-state index < -0.39 is 0 Å². The van der Waals surface area contributed by atoms with Crippen molar-refractivity contribution in [3.63, 3.8) is 0 Å². The molecule has 0 saturated carbocycles. The molecular formula is C24H46O2S2. The van der Waals surface area contributed by atoms with Crippen LogP contribution in [0.3, 0.4) is 0 Å². The van der Waals surface area contributed by atoms with Gasteiger partial charge in [-0.3, -0.25) is 9.59 Å². The number of Topliss-reactive ketones (excluding diaryl/α,β-unsaturated/α-hetero) is 2. The van der Waals surface area contributed by atoms with Gasteiger partial charge in [-0.1, -0.05) is 44.9 Å². The van der Waals surface area contributed by atoms with Crippen LogP contribution in [0.2, 0.25) is 0 Å². The Bertz CT molecular complexity index is 438. The third-order valence-electron chi connectivity index (χ3n) is 6.39. The van der Waals surface area contributed by atoms with E-state index in [0.29, 0.717) is 11.6 Å². The first-order valence-corrected chi connectivity index (χ1v) is 16.4. The van der Waals surface area contributed by atoms with Crippen molar-refractivity contribution >= 4 is 31.4 Å². The molecule has 0 aromatic heterocycles. The maximum Gasteiger partial charge on any atom is 0.132 e. The number of ketones is 2. The summed E-state index contributed by atoms with van der Waals surface area (Å²) in [7, 11) is 0.285. The zero-order valence-corrected chi connectivity index (χ0v) is 20.1. The van der Waals surface area contributed by atoms with Gasteiger partial charge >= 0.3 is 0 Å². The molecule has 0 N–H and O–H groups in total. The van der Waals surface area contributed by atoms with E-state index in [9.17, 15) is 9.59 Å². The van der Waals surface area contributed by atoms with E-state index in [4.69, 9.17) is 0 Å². The zero-order valence-electron chi connectivity index (χ0n) is 18.3. The molecule has 166 valence electrons. The largest absolute Gasteiger partial charge is 0.300 e. The van der Waals surface area contributed by atoms with E-state index in [1.807, 2.05) is 0 Å². The van der Waals surface area contributed by atoms with Crippen LogP contribution in [0.1, 0.15) is 116 Å². The molecule has 0 bridgehead atoms. The topological polar surface area (TPSA) is 34.1 Å². The highest BCUT2D eigenvalue weighted by Crippen LogP contribution is 2.56. The molecule has 2 fully saturated rings. The van der Waals surface area contributed by atoms with Crippen molar-refractivity contribution in [2.24, 2.45) is 0 Å². The molecule has 2 heterocycles. The number of hydrogen-bond donors (Lipinski definition) is 2. The summed E-state index contributed by atoms with van der Waals surface area (Å²) < 4.78 is 0. The van der Waals surface area contributed by atoms with Crippen LogP contribution >= 0.6 is 19.9 Å². The van der Waals surface area contributed by atoms with Crippen LogP contribution in [0.25, 0.3) is 0 Å². The van der Waals surface area contributed by atoms with Crippen LogP contribution in [0.15, 0.2) is 0 Å². The number of carbonyl (C=O) groups excluding carboxylic acids is 2. The van der Waals surface area contributed by atoms with E-state index in [1.165, 1.54) is 87.2 Å². The Morgan fingerprint density at radius 3 is 1.14 bits per heavy atom. The molecule has 0 aromatic rings. The Hall–Kier alpha value is 0.0400. The van der Waals surface area contributed by atoms with Gasteiger partial charge in [-0.05, 0) is 68.0 Å². The molecule has 0 amide bonds. The fourth-order valence-electron chi connectivity index (χ4n) is 4.58. The van der Waals surface area contributed by atoms with Crippen LogP contribution in [0, 0.1) is 0 Å². The van der Waals surface area contributed by atoms with Crippen LogP contribution < -0.4 is 0 Å². The SMILES string of the molecule is O=C1CCCCCCC[SH]([SH]2CCCCCCCCC(=O)CCC2)CCCC1. The van der Waals surface area contributed by atoms with Gasteiger partial charge in [0.2, 0.25) is 0 Å². The first kappa shape index (κ1) is 24.3. The molecule has 2 atom stereocenters. The molecule has 2 rings (SSSR count). The van der Waals surface area contributed by atoms with Gasteiger partial charge in [-0.25, -0.2) is 19.9 Å². The Morgan fingerprint density at radius 2 is 0.643 bits per heavy atom. The molecule has 0 radical (unpaired) electrons. The van der Waals surface area contributed by atoms with E-state index >= 15 is 0 Å². The van der Waals surface area contributed by atoms with Gasteiger partial charge in [0.25, 0.3) is 0 Å². The molecule has 2 aliphatic heterocycles. The second-order valence-electron chi connectivity index (χ2n) is 8.93. The lowest BCUT2D eigenvalue weighted by Crippen LogP contribution is -2.06. The molecule has 0 aromatic carbocycles. The molecule has 2 aliphatic rings. The lowest BCUT2D eigenvalue weighted by molar-refractivity contribution is -0.120. The predicted octanol–water partition coefficient (Wildman–Crippen LogP) is 7.09. The third-order valence-corrected chi connectivity index (χ3v) is 15.3. The molecule has 2 unspecified atom stereocenters. The fraction of sp³-hybridized carbons (Fsp3) is 0.917. The van der Waals surface area contributed by atoms with Crippen molar-refractivity contribution in [2.45, 2.75) is 116 Å². The second-order valence-corrected chi connectivity index (χ2v) is 16.1. The Balaban J connectivity index is 1.90. The Labute approximate surface area is 179 Å². The lowest BCUT2D eigenvalue weighted by Gasteiger charge is -2.36. The molecule has 4 heteroatoms. The summed E-state index contributed by atoms with van der Waals surface area (Å²) in [6.07, 6.45) is 21.3. The highest BCUT2D eigenvalue weighted by Gasteiger charge is 2.16. The average Bonchev–Trinajstić information content (AvgIpc) is 2.72. The fourth-order valence-corrected chi connectivity index (χ4v) is 13.5. The summed E-state index contributed by atoms with van der Waals surface area (Å²) in [4.78, 5) is 24.2. The van der Waals surface area contributed by atoms with Crippen molar-refractivity contribution in [3.8, 4) is 0 Å². The zero-order chi connectivity index (χ0) is 19.9. The van der Waals surface area contributed by atoms with Crippen LogP contribution in [0.4, 0.5) is 0 Å². The van der Waals surface area contributed by atoms with Crippen LogP contribution in [0.5, 0.6) is 0 Å². The van der Waals surface area contributed by atoms with Crippen molar-refractivity contribution in [1.29, 1.82) is 0 Å². The van der Waals surface area contributed by atoms with Gasteiger partial charge in [0.1, 0.15) is 11.6 Å². The highest BCUT2D eigenvalue weighted by atomic mass is 33.2. The molecule has 28 heavy (non-hydrogen) atoms. The molecule has 2 nitrogen and oxygen atoms in total. The number of carbonyl (C=O) groups is 2. The van der Waals surface area contributed by atoms with Gasteiger partial charge in [-0.15, -0.1) is 0 Å². The summed E-state index contributed by atoms with van der Waals surface area (Å²) in [6, 6.07) is 0. The van der Waals surface area contributed by atoms with Crippen molar-refractivity contribution in [1.82, 2.24) is 0 Å². The van der Waals surface area contributed by atoms with E-state index in [-0.39, 0.29) is 19.9 Å². The Kier molecular flexibility index (Phi) is 13.7. The smallest absolute Gasteiger partial charge is 0.132 e. The summed E-state index contributed by atoms with van der Waals surface area (Å²) in [5.74, 6) is 6.73. The number of hydrogen-bond acceptors (Lipinski definition) is 2. The van der Waals surface area contributed by atoms with E-state index in [2.05, 4.69) is 0 Å². The average molecular weight is 431 g/mol. The van der Waals surface area contributed by atoms with E-state index in [0.717, 1.165) is 51.4 Å². The molecule has 0 aliphatic carbocycles. The molecule has 2 saturated heterocycles. The van der Waals surface area contributed by atoms with Crippen molar-refractivity contribution < 1.29 is 9.59 Å². The van der Waals surface area contributed by atoms with Crippen LogP contribution in [-0.2, 0) is 9.59 Å². The minimum absolute atomic E-state index is 0.135. The monoisotopic (exact) mass is 430 g/mol. The minimum Gasteiger partial charge on any atom is -0.300 e. The third kappa shape index (κ3) is 11.3. The highest BCUT2D eigenvalue weighted by molar-refractivity contribution is 8.92. The van der Waals surface area contributed by atoms with Crippen molar-refractivity contribution in [2.75, 3.05) is 23.0 Å². The summed E-state index contributed by atoms with van der Waals surface area (Å²) >= 11 is 0. The number of rotatable bonds is 1. The summed E-state index contributed by atoms with van der Waals surface area (Å²) in [6.45, 7) is 0. The Morgan fingerprint density at radius 1 is 0.357 bits per heavy atom. The molecular weight excluding hydrogens is 384 g/mol. The maximum atomic E-state index is 12.2. The van der Waals surface area contributed by atoms with Gasteiger partial charge in [0, 0.05) is 25.7 Å².